The molecule has 0 atom stereocenters. The topological polar surface area (TPSA) is 67.9 Å². The Morgan fingerprint density at radius 2 is 1.85 bits per heavy atom. The minimum atomic E-state index is -0.488. The van der Waals surface area contributed by atoms with Gasteiger partial charge in [0.2, 0.25) is 5.91 Å². The predicted octanol–water partition coefficient (Wildman–Crippen LogP) is 3.11. The number of amides is 1. The number of likely N-dealkylation sites (N-methyl/N-ethyl adjacent to an activating group) is 1. The van der Waals surface area contributed by atoms with Crippen molar-refractivity contribution in [2.24, 2.45) is 0 Å². The van der Waals surface area contributed by atoms with Crippen LogP contribution in [-0.4, -0.2) is 44.1 Å². The lowest BCUT2D eigenvalue weighted by Crippen LogP contribution is -2.30. The van der Waals surface area contributed by atoms with Crippen LogP contribution >= 0.6 is 0 Å². The summed E-state index contributed by atoms with van der Waals surface area (Å²) >= 11 is 0. The maximum absolute atomic E-state index is 12.3. The van der Waals surface area contributed by atoms with E-state index in [9.17, 15) is 9.59 Å². The molecule has 0 aliphatic rings. The highest BCUT2D eigenvalue weighted by atomic mass is 16.5. The smallest absolute Gasteiger partial charge is 0.339 e. The van der Waals surface area contributed by atoms with Crippen LogP contribution in [0, 0.1) is 0 Å². The molecular formula is C21H24N2O4. The number of methoxy groups -OCH3 is 1. The first-order valence-corrected chi connectivity index (χ1v) is 8.52. The highest BCUT2D eigenvalue weighted by molar-refractivity contribution is 6.01. The molecule has 0 fully saturated rings. The van der Waals surface area contributed by atoms with Crippen molar-refractivity contribution in [3.63, 3.8) is 0 Å². The SMILES string of the molecule is C=CCOc1ccc(CN(C)CC(=O)Nc2ccccc2C(=O)OC)cc1. The van der Waals surface area contributed by atoms with E-state index in [0.29, 0.717) is 24.4 Å². The first-order valence-electron chi connectivity index (χ1n) is 8.52. The molecule has 0 unspecified atom stereocenters. The van der Waals surface area contributed by atoms with Crippen LogP contribution in [0.25, 0.3) is 0 Å². The summed E-state index contributed by atoms with van der Waals surface area (Å²) in [6.07, 6.45) is 1.69. The van der Waals surface area contributed by atoms with Crippen LogP contribution in [0.1, 0.15) is 15.9 Å². The lowest BCUT2D eigenvalue weighted by molar-refractivity contribution is -0.117. The van der Waals surface area contributed by atoms with Crippen molar-refractivity contribution >= 4 is 17.6 Å². The van der Waals surface area contributed by atoms with Crippen LogP contribution in [-0.2, 0) is 16.1 Å². The molecule has 6 nitrogen and oxygen atoms in total. The van der Waals surface area contributed by atoms with Gasteiger partial charge in [-0.3, -0.25) is 9.69 Å². The van der Waals surface area contributed by atoms with Gasteiger partial charge in [0.25, 0.3) is 0 Å². The van der Waals surface area contributed by atoms with Crippen LogP contribution in [0.4, 0.5) is 5.69 Å². The summed E-state index contributed by atoms with van der Waals surface area (Å²) in [5.74, 6) is 0.0799. The van der Waals surface area contributed by atoms with Crippen molar-refractivity contribution < 1.29 is 19.1 Å². The number of hydrogen-bond acceptors (Lipinski definition) is 5. The normalized spacial score (nSPS) is 10.3. The van der Waals surface area contributed by atoms with Crippen molar-refractivity contribution in [3.8, 4) is 5.75 Å². The monoisotopic (exact) mass is 368 g/mol. The summed E-state index contributed by atoms with van der Waals surface area (Å²) in [7, 11) is 3.16. The maximum atomic E-state index is 12.3. The number of nitrogens with one attached hydrogen (secondary N) is 1. The van der Waals surface area contributed by atoms with E-state index in [1.165, 1.54) is 7.11 Å². The molecule has 142 valence electrons. The fraction of sp³-hybridized carbons (Fsp3) is 0.238. The number of carbonyl (C=O) groups excluding carboxylic acids is 2. The highest BCUT2D eigenvalue weighted by Gasteiger charge is 2.14. The Morgan fingerprint density at radius 1 is 1.15 bits per heavy atom. The quantitative estimate of drug-likeness (QED) is 0.544. The Labute approximate surface area is 159 Å². The van der Waals surface area contributed by atoms with E-state index in [4.69, 9.17) is 9.47 Å². The van der Waals surface area contributed by atoms with Crippen molar-refractivity contribution in [3.05, 3.63) is 72.3 Å². The minimum absolute atomic E-state index is 0.185. The summed E-state index contributed by atoms with van der Waals surface area (Å²) in [6, 6.07) is 14.4. The van der Waals surface area contributed by atoms with Gasteiger partial charge >= 0.3 is 5.97 Å². The van der Waals surface area contributed by atoms with Gasteiger partial charge in [0.15, 0.2) is 0 Å². The number of benzene rings is 2. The molecule has 0 spiro atoms. The van der Waals surface area contributed by atoms with E-state index in [-0.39, 0.29) is 12.5 Å². The molecule has 0 heterocycles. The van der Waals surface area contributed by atoms with E-state index in [1.807, 2.05) is 36.2 Å². The third-order valence-electron chi connectivity index (χ3n) is 3.76. The largest absolute Gasteiger partial charge is 0.490 e. The van der Waals surface area contributed by atoms with E-state index >= 15 is 0 Å². The van der Waals surface area contributed by atoms with Gasteiger partial charge in [-0.2, -0.15) is 0 Å². The van der Waals surface area contributed by atoms with Crippen molar-refractivity contribution in [2.45, 2.75) is 6.54 Å². The average Bonchev–Trinajstić information content (AvgIpc) is 2.67. The van der Waals surface area contributed by atoms with E-state index in [0.717, 1.165) is 11.3 Å². The second-order valence-electron chi connectivity index (χ2n) is 6.00. The number of para-hydroxylation sites is 1. The predicted molar refractivity (Wildman–Crippen MR) is 105 cm³/mol. The lowest BCUT2D eigenvalue weighted by atomic mass is 10.1. The molecule has 0 aliphatic carbocycles. The molecule has 1 amide bonds. The molecule has 1 N–H and O–H groups in total. The average molecular weight is 368 g/mol. The molecule has 2 aromatic carbocycles. The van der Waals surface area contributed by atoms with Gasteiger partial charge in [-0.1, -0.05) is 36.9 Å². The van der Waals surface area contributed by atoms with Gasteiger partial charge in [-0.05, 0) is 36.9 Å². The van der Waals surface area contributed by atoms with E-state index in [2.05, 4.69) is 11.9 Å². The number of anilines is 1. The van der Waals surface area contributed by atoms with Crippen LogP contribution in [0.15, 0.2) is 61.2 Å². The number of carbonyl (C=O) groups is 2. The first-order chi connectivity index (χ1) is 13.0. The fourth-order valence-electron chi connectivity index (χ4n) is 2.53. The Bertz CT molecular complexity index is 787. The highest BCUT2D eigenvalue weighted by Crippen LogP contribution is 2.16. The minimum Gasteiger partial charge on any atom is -0.490 e. The third kappa shape index (κ3) is 6.27. The molecule has 27 heavy (non-hydrogen) atoms. The third-order valence-corrected chi connectivity index (χ3v) is 3.76. The van der Waals surface area contributed by atoms with Crippen LogP contribution in [0.2, 0.25) is 0 Å². The van der Waals surface area contributed by atoms with Crippen molar-refractivity contribution in [1.29, 1.82) is 0 Å². The molecule has 0 bridgehead atoms. The first kappa shape index (κ1) is 20.2. The number of nitrogens with zero attached hydrogens (tertiary/aromatic N) is 1. The van der Waals surface area contributed by atoms with Crippen LogP contribution < -0.4 is 10.1 Å². The van der Waals surface area contributed by atoms with Crippen LogP contribution in [0.5, 0.6) is 5.75 Å². The molecule has 6 heteroatoms. The van der Waals surface area contributed by atoms with Gasteiger partial charge in [0.05, 0.1) is 24.9 Å². The zero-order chi connectivity index (χ0) is 19.6. The molecule has 0 saturated carbocycles. The Balaban J connectivity index is 1.90. The standard InChI is InChI=1S/C21H24N2O4/c1-4-13-27-17-11-9-16(10-12-17)14-23(2)15-20(24)22-19-8-6-5-7-18(19)21(25)26-3/h4-12H,1,13-15H2,2-3H3,(H,22,24). The van der Waals surface area contributed by atoms with Gasteiger partial charge in [-0.25, -0.2) is 4.79 Å². The number of hydrogen-bond donors (Lipinski definition) is 1. The molecule has 0 saturated heterocycles. The maximum Gasteiger partial charge on any atom is 0.339 e. The zero-order valence-electron chi connectivity index (χ0n) is 15.6. The molecule has 2 rings (SSSR count). The molecule has 0 aliphatic heterocycles. The lowest BCUT2D eigenvalue weighted by Gasteiger charge is -2.17. The number of ether oxygens (including phenoxy) is 2. The summed E-state index contributed by atoms with van der Waals surface area (Å²) in [5.41, 5.74) is 1.82. The van der Waals surface area contributed by atoms with Crippen molar-refractivity contribution in [2.75, 3.05) is 32.6 Å². The van der Waals surface area contributed by atoms with Gasteiger partial charge in [0, 0.05) is 6.54 Å². The molecule has 2 aromatic rings. The van der Waals surface area contributed by atoms with Crippen molar-refractivity contribution in [1.82, 2.24) is 4.90 Å². The Hall–Kier alpha value is -3.12. The second kappa shape index (κ2) is 10.1. The summed E-state index contributed by atoms with van der Waals surface area (Å²) in [5, 5.41) is 2.76. The van der Waals surface area contributed by atoms with Gasteiger partial charge < -0.3 is 14.8 Å². The van der Waals surface area contributed by atoms with Gasteiger partial charge in [-0.15, -0.1) is 0 Å². The Kier molecular flexibility index (Phi) is 7.58. The summed E-state index contributed by atoms with van der Waals surface area (Å²) in [4.78, 5) is 26.0. The number of rotatable bonds is 9. The second-order valence-corrected chi connectivity index (χ2v) is 6.00. The number of esters is 1. The molecular weight excluding hydrogens is 344 g/mol. The summed E-state index contributed by atoms with van der Waals surface area (Å²) < 4.78 is 10.2. The molecule has 0 aromatic heterocycles. The van der Waals surface area contributed by atoms with Gasteiger partial charge in [0.1, 0.15) is 12.4 Å². The summed E-state index contributed by atoms with van der Waals surface area (Å²) in [6.45, 7) is 4.87. The van der Waals surface area contributed by atoms with E-state index in [1.54, 1.807) is 30.3 Å². The Morgan fingerprint density at radius 3 is 2.52 bits per heavy atom. The zero-order valence-corrected chi connectivity index (χ0v) is 15.6. The molecule has 0 radical (unpaired) electrons. The van der Waals surface area contributed by atoms with Crippen LogP contribution in [0.3, 0.4) is 0 Å². The fourth-order valence-corrected chi connectivity index (χ4v) is 2.53. The van der Waals surface area contributed by atoms with E-state index < -0.39 is 5.97 Å².